The first-order valence-corrected chi connectivity index (χ1v) is 14.0. The number of nitrogens with zero attached hydrogens (tertiary/aromatic N) is 2. The van der Waals surface area contributed by atoms with Crippen molar-refractivity contribution in [2.24, 2.45) is 0 Å². The first kappa shape index (κ1) is 25.5. The summed E-state index contributed by atoms with van der Waals surface area (Å²) < 4.78 is 14.8. The second kappa shape index (κ2) is 10.8. The van der Waals surface area contributed by atoms with Crippen LogP contribution in [0.4, 0.5) is 4.39 Å². The number of fused-ring (bicyclic) bond motifs is 2. The molecule has 198 valence electrons. The predicted octanol–water partition coefficient (Wildman–Crippen LogP) is 6.59. The highest BCUT2D eigenvalue weighted by Gasteiger charge is 2.35. The van der Waals surface area contributed by atoms with Gasteiger partial charge in [-0.05, 0) is 78.1 Å². The highest BCUT2D eigenvalue weighted by molar-refractivity contribution is 5.79. The maximum atomic E-state index is 14.8. The average molecular weight is 519 g/mol. The van der Waals surface area contributed by atoms with E-state index in [9.17, 15) is 9.18 Å². The molecule has 4 aromatic rings. The van der Waals surface area contributed by atoms with Crippen LogP contribution in [0.25, 0.3) is 0 Å². The van der Waals surface area contributed by atoms with Crippen LogP contribution in [-0.4, -0.2) is 34.8 Å². The van der Waals surface area contributed by atoms with Gasteiger partial charge in [0.05, 0.1) is 12.6 Å². The van der Waals surface area contributed by atoms with E-state index in [1.165, 1.54) is 45.0 Å². The van der Waals surface area contributed by atoms with Gasteiger partial charge in [0.2, 0.25) is 5.91 Å². The first-order chi connectivity index (χ1) is 19.0. The zero-order valence-corrected chi connectivity index (χ0v) is 22.7. The van der Waals surface area contributed by atoms with E-state index in [4.69, 9.17) is 0 Å². The van der Waals surface area contributed by atoms with Gasteiger partial charge in [-0.15, -0.1) is 0 Å². The number of benzene rings is 4. The topological polar surface area (TPSA) is 23.6 Å². The molecule has 0 aromatic heterocycles. The van der Waals surface area contributed by atoms with Gasteiger partial charge in [0.25, 0.3) is 0 Å². The van der Waals surface area contributed by atoms with Crippen molar-refractivity contribution in [1.82, 2.24) is 9.80 Å². The summed E-state index contributed by atoms with van der Waals surface area (Å²) in [5, 5.41) is 0. The second-order valence-corrected chi connectivity index (χ2v) is 11.1. The Kier molecular flexibility index (Phi) is 7.05. The lowest BCUT2D eigenvalue weighted by Gasteiger charge is -2.39. The number of carbonyl (C=O) groups is 1. The van der Waals surface area contributed by atoms with Crippen molar-refractivity contribution in [3.8, 4) is 0 Å². The smallest absolute Gasteiger partial charge is 0.237 e. The SMILES string of the molecule is Cc1ccc(C2c3ccccc3CCN2CC(=O)N(Cc2ccccc2F)C2Cc3ccccc3C2)cc1C. The molecular weight excluding hydrogens is 483 g/mol. The molecular formula is C35H35FN2O. The molecule has 0 spiro atoms. The summed E-state index contributed by atoms with van der Waals surface area (Å²) in [4.78, 5) is 18.5. The van der Waals surface area contributed by atoms with Crippen LogP contribution in [0.15, 0.2) is 91.0 Å². The number of rotatable bonds is 6. The van der Waals surface area contributed by atoms with Crippen molar-refractivity contribution in [3.05, 3.63) is 141 Å². The third kappa shape index (κ3) is 5.14. The molecule has 0 bridgehead atoms. The Bertz CT molecular complexity index is 1490. The summed E-state index contributed by atoms with van der Waals surface area (Å²) in [5.41, 5.74) is 9.49. The van der Waals surface area contributed by atoms with E-state index in [-0.39, 0.29) is 30.4 Å². The second-order valence-electron chi connectivity index (χ2n) is 11.1. The average Bonchev–Trinajstić information content (AvgIpc) is 3.38. The molecule has 0 saturated carbocycles. The minimum atomic E-state index is -0.259. The van der Waals surface area contributed by atoms with Crippen molar-refractivity contribution in [1.29, 1.82) is 0 Å². The Morgan fingerprint density at radius 2 is 1.51 bits per heavy atom. The van der Waals surface area contributed by atoms with E-state index in [0.717, 1.165) is 25.8 Å². The number of carbonyl (C=O) groups excluding carboxylic acids is 1. The van der Waals surface area contributed by atoms with Crippen LogP contribution >= 0.6 is 0 Å². The summed E-state index contributed by atoms with van der Waals surface area (Å²) in [6.07, 6.45) is 2.52. The molecule has 1 unspecified atom stereocenters. The summed E-state index contributed by atoms with van der Waals surface area (Å²) in [6, 6.07) is 30.6. The van der Waals surface area contributed by atoms with Crippen LogP contribution in [0.3, 0.4) is 0 Å². The minimum absolute atomic E-state index is 0.00860. The standard InChI is InChI=1S/C35H35FN2O/c1-24-15-16-29(19-25(24)2)35-32-13-7-5-9-26(32)17-18-37(35)23-34(39)38(22-30-12-6-8-14-33(30)36)31-20-27-10-3-4-11-28(27)21-31/h3-16,19,31,35H,17-18,20-23H2,1-2H3. The van der Waals surface area contributed by atoms with Gasteiger partial charge >= 0.3 is 0 Å². The summed E-state index contributed by atoms with van der Waals surface area (Å²) >= 11 is 0. The van der Waals surface area contributed by atoms with E-state index >= 15 is 0 Å². The van der Waals surface area contributed by atoms with Crippen LogP contribution < -0.4 is 0 Å². The molecule has 4 aromatic carbocycles. The van der Waals surface area contributed by atoms with Crippen molar-refractivity contribution in [2.45, 2.75) is 51.7 Å². The quantitative estimate of drug-likeness (QED) is 0.288. The molecule has 0 saturated heterocycles. The van der Waals surface area contributed by atoms with Crippen LogP contribution in [-0.2, 0) is 30.6 Å². The largest absolute Gasteiger partial charge is 0.333 e. The van der Waals surface area contributed by atoms with E-state index in [0.29, 0.717) is 12.1 Å². The fourth-order valence-corrected chi connectivity index (χ4v) is 6.37. The number of halogens is 1. The Labute approximate surface area is 230 Å². The van der Waals surface area contributed by atoms with Gasteiger partial charge in [-0.25, -0.2) is 4.39 Å². The molecule has 1 amide bonds. The van der Waals surface area contributed by atoms with E-state index in [1.807, 2.05) is 11.0 Å². The molecule has 3 nitrogen and oxygen atoms in total. The lowest BCUT2D eigenvalue weighted by Crippen LogP contribution is -2.48. The van der Waals surface area contributed by atoms with E-state index in [2.05, 4.69) is 85.5 Å². The highest BCUT2D eigenvalue weighted by Crippen LogP contribution is 2.36. The van der Waals surface area contributed by atoms with Gasteiger partial charge < -0.3 is 4.90 Å². The Morgan fingerprint density at radius 1 is 0.846 bits per heavy atom. The van der Waals surface area contributed by atoms with E-state index < -0.39 is 0 Å². The molecule has 2 aliphatic rings. The van der Waals surface area contributed by atoms with Gasteiger partial charge in [0.1, 0.15) is 5.82 Å². The molecule has 0 N–H and O–H groups in total. The maximum absolute atomic E-state index is 14.8. The van der Waals surface area contributed by atoms with Crippen LogP contribution in [0.2, 0.25) is 0 Å². The minimum Gasteiger partial charge on any atom is -0.333 e. The fraction of sp³-hybridized carbons (Fsp3) is 0.286. The molecule has 0 radical (unpaired) electrons. The Hall–Kier alpha value is -3.76. The summed E-state index contributed by atoms with van der Waals surface area (Å²) in [6.45, 7) is 5.67. The third-order valence-corrected chi connectivity index (χ3v) is 8.66. The summed E-state index contributed by atoms with van der Waals surface area (Å²) in [5.74, 6) is -0.199. The monoisotopic (exact) mass is 518 g/mol. The van der Waals surface area contributed by atoms with Gasteiger partial charge in [0.15, 0.2) is 0 Å². The molecule has 1 heterocycles. The Balaban J connectivity index is 1.32. The first-order valence-electron chi connectivity index (χ1n) is 14.0. The van der Waals surface area contributed by atoms with Crippen molar-refractivity contribution < 1.29 is 9.18 Å². The molecule has 6 rings (SSSR count). The number of amides is 1. The molecule has 1 aliphatic carbocycles. The normalized spacial score (nSPS) is 17.1. The van der Waals surface area contributed by atoms with Gasteiger partial charge in [-0.1, -0.05) is 84.9 Å². The number of aryl methyl sites for hydroxylation is 2. The fourth-order valence-electron chi connectivity index (χ4n) is 6.37. The lowest BCUT2D eigenvalue weighted by atomic mass is 9.87. The Morgan fingerprint density at radius 3 is 2.23 bits per heavy atom. The molecule has 4 heteroatoms. The number of hydrogen-bond donors (Lipinski definition) is 0. The van der Waals surface area contributed by atoms with Crippen LogP contribution in [0.5, 0.6) is 0 Å². The van der Waals surface area contributed by atoms with E-state index in [1.54, 1.807) is 12.1 Å². The molecule has 1 atom stereocenters. The number of hydrogen-bond acceptors (Lipinski definition) is 2. The van der Waals surface area contributed by atoms with Crippen molar-refractivity contribution in [2.75, 3.05) is 13.1 Å². The van der Waals surface area contributed by atoms with Crippen LogP contribution in [0.1, 0.15) is 50.5 Å². The molecule has 39 heavy (non-hydrogen) atoms. The summed E-state index contributed by atoms with van der Waals surface area (Å²) in [7, 11) is 0. The zero-order valence-electron chi connectivity index (χ0n) is 22.7. The predicted molar refractivity (Wildman–Crippen MR) is 154 cm³/mol. The highest BCUT2D eigenvalue weighted by atomic mass is 19.1. The van der Waals surface area contributed by atoms with Crippen molar-refractivity contribution >= 4 is 5.91 Å². The molecule has 1 aliphatic heterocycles. The zero-order chi connectivity index (χ0) is 26.9. The van der Waals surface area contributed by atoms with Gasteiger partial charge in [-0.3, -0.25) is 9.69 Å². The molecule has 0 fully saturated rings. The van der Waals surface area contributed by atoms with Crippen molar-refractivity contribution in [3.63, 3.8) is 0 Å². The van der Waals surface area contributed by atoms with Gasteiger partial charge in [0, 0.05) is 24.7 Å². The lowest BCUT2D eigenvalue weighted by molar-refractivity contribution is -0.136. The maximum Gasteiger partial charge on any atom is 0.237 e. The van der Waals surface area contributed by atoms with Gasteiger partial charge in [-0.2, -0.15) is 0 Å². The van der Waals surface area contributed by atoms with Crippen LogP contribution in [0, 0.1) is 19.7 Å². The third-order valence-electron chi connectivity index (χ3n) is 8.66.